The molecule has 0 spiro atoms. The molecule has 2 aliphatic heterocycles. The number of sulfonamides is 1. The third-order valence-corrected chi connectivity index (χ3v) is 8.59. The molecule has 2 aromatic rings. The molecular weight excluding hydrogens is 465 g/mol. The summed E-state index contributed by atoms with van der Waals surface area (Å²) in [4.78, 5) is 15.3. The van der Waals surface area contributed by atoms with Crippen molar-refractivity contribution in [3.05, 3.63) is 64.9 Å². The lowest BCUT2D eigenvalue weighted by Crippen LogP contribution is -2.50. The summed E-state index contributed by atoms with van der Waals surface area (Å²) < 4.78 is 40.4. The highest BCUT2D eigenvalue weighted by Gasteiger charge is 2.34. The van der Waals surface area contributed by atoms with Crippen LogP contribution in [0.3, 0.4) is 0 Å². The second kappa shape index (κ2) is 10.5. The highest BCUT2D eigenvalue weighted by Crippen LogP contribution is 2.25. The maximum Gasteiger partial charge on any atom is 0.243 e. The summed E-state index contributed by atoms with van der Waals surface area (Å²) in [6, 6.07) is 12.8. The second-order valence-corrected chi connectivity index (χ2v) is 11.2. The highest BCUT2D eigenvalue weighted by molar-refractivity contribution is 7.89. The molecule has 0 aromatic heterocycles. The topological polar surface area (TPSA) is 69.7 Å². The Bertz CT molecular complexity index is 1060. The van der Waals surface area contributed by atoms with Gasteiger partial charge in [-0.2, -0.15) is 4.31 Å². The number of hydrogen-bond acceptors (Lipinski definition) is 4. The maximum absolute atomic E-state index is 13.2. The number of rotatable bonds is 6. The van der Waals surface area contributed by atoms with Gasteiger partial charge in [-0.05, 0) is 67.6 Å². The summed E-state index contributed by atoms with van der Waals surface area (Å²) in [7, 11) is -3.75. The van der Waals surface area contributed by atoms with Gasteiger partial charge < -0.3 is 5.32 Å². The summed E-state index contributed by atoms with van der Waals surface area (Å²) in [5, 5.41) is 3.87. The van der Waals surface area contributed by atoms with Gasteiger partial charge in [-0.25, -0.2) is 12.8 Å². The molecule has 9 heteroatoms. The van der Waals surface area contributed by atoms with Crippen LogP contribution in [-0.4, -0.2) is 55.8 Å². The van der Waals surface area contributed by atoms with Gasteiger partial charge >= 0.3 is 0 Å². The largest absolute Gasteiger partial charge is 0.353 e. The number of amides is 1. The number of carbonyl (C=O) groups is 1. The Labute approximate surface area is 199 Å². The average molecular weight is 494 g/mol. The number of nitrogens with zero attached hydrogens (tertiary/aromatic N) is 2. The number of hydrogen-bond donors (Lipinski definition) is 1. The van der Waals surface area contributed by atoms with E-state index in [0.717, 1.165) is 49.6 Å². The molecule has 178 valence electrons. The van der Waals surface area contributed by atoms with Crippen LogP contribution in [0.4, 0.5) is 4.39 Å². The Balaban J connectivity index is 1.28. The van der Waals surface area contributed by atoms with Gasteiger partial charge in [0.25, 0.3) is 0 Å². The Morgan fingerprint density at radius 2 is 1.67 bits per heavy atom. The molecule has 0 bridgehead atoms. The van der Waals surface area contributed by atoms with Crippen LogP contribution in [0.25, 0.3) is 0 Å². The van der Waals surface area contributed by atoms with Crippen LogP contribution in [0, 0.1) is 11.7 Å². The van der Waals surface area contributed by atoms with Crippen LogP contribution < -0.4 is 5.32 Å². The van der Waals surface area contributed by atoms with Crippen molar-refractivity contribution < 1.29 is 17.6 Å². The molecule has 0 saturated carbocycles. The molecule has 1 N–H and O–H groups in total. The van der Waals surface area contributed by atoms with Crippen LogP contribution in [0.15, 0.2) is 53.4 Å². The third kappa shape index (κ3) is 6.12. The van der Waals surface area contributed by atoms with Crippen LogP contribution in [0.5, 0.6) is 0 Å². The number of carbonyl (C=O) groups excluding carboxylic acids is 1. The van der Waals surface area contributed by atoms with Crippen molar-refractivity contribution in [2.45, 2.75) is 43.2 Å². The lowest BCUT2D eigenvalue weighted by molar-refractivity contribution is -0.127. The zero-order valence-corrected chi connectivity index (χ0v) is 20.0. The van der Waals surface area contributed by atoms with Crippen LogP contribution in [0.2, 0.25) is 5.02 Å². The van der Waals surface area contributed by atoms with Gasteiger partial charge in [0.05, 0.1) is 10.8 Å². The predicted molar refractivity (Wildman–Crippen MR) is 126 cm³/mol. The molecule has 2 saturated heterocycles. The normalized spacial score (nSPS) is 21.1. The molecule has 0 aliphatic carbocycles. The van der Waals surface area contributed by atoms with Crippen molar-refractivity contribution in [3.8, 4) is 0 Å². The smallest absolute Gasteiger partial charge is 0.243 e. The zero-order valence-electron chi connectivity index (χ0n) is 18.4. The van der Waals surface area contributed by atoms with E-state index in [1.54, 1.807) is 0 Å². The van der Waals surface area contributed by atoms with Gasteiger partial charge in [0, 0.05) is 43.8 Å². The summed E-state index contributed by atoms with van der Waals surface area (Å²) in [6.07, 6.45) is 3.02. The molecule has 1 amide bonds. The van der Waals surface area contributed by atoms with Crippen LogP contribution in [-0.2, 0) is 21.4 Å². The lowest BCUT2D eigenvalue weighted by Gasteiger charge is -2.35. The van der Waals surface area contributed by atoms with E-state index in [1.807, 2.05) is 24.3 Å². The minimum absolute atomic E-state index is 0.0537. The number of piperidine rings is 2. The molecule has 0 radical (unpaired) electrons. The van der Waals surface area contributed by atoms with Gasteiger partial charge in [-0.1, -0.05) is 23.7 Å². The molecule has 0 unspecified atom stereocenters. The highest BCUT2D eigenvalue weighted by atomic mass is 35.5. The molecule has 2 heterocycles. The van der Waals surface area contributed by atoms with Crippen molar-refractivity contribution in [3.63, 3.8) is 0 Å². The Morgan fingerprint density at radius 1 is 1.00 bits per heavy atom. The Kier molecular flexibility index (Phi) is 7.69. The predicted octanol–water partition coefficient (Wildman–Crippen LogP) is 3.66. The van der Waals surface area contributed by atoms with Crippen LogP contribution in [0.1, 0.15) is 31.2 Å². The number of nitrogens with one attached hydrogen (secondary N) is 1. The second-order valence-electron chi connectivity index (χ2n) is 8.84. The van der Waals surface area contributed by atoms with Crippen molar-refractivity contribution in [2.24, 2.45) is 5.92 Å². The average Bonchev–Trinajstić information content (AvgIpc) is 2.82. The third-order valence-electron chi connectivity index (χ3n) is 6.46. The first-order valence-electron chi connectivity index (χ1n) is 11.3. The molecule has 4 rings (SSSR count). The van der Waals surface area contributed by atoms with Crippen molar-refractivity contribution >= 4 is 27.5 Å². The molecule has 1 atom stereocenters. The first kappa shape index (κ1) is 24.1. The van der Waals surface area contributed by atoms with E-state index in [0.29, 0.717) is 19.4 Å². The van der Waals surface area contributed by atoms with Crippen LogP contribution >= 0.6 is 11.6 Å². The monoisotopic (exact) mass is 493 g/mol. The number of likely N-dealkylation sites (tertiary alicyclic amines) is 1. The van der Waals surface area contributed by atoms with E-state index < -0.39 is 15.8 Å². The van der Waals surface area contributed by atoms with Crippen molar-refractivity contribution in [1.29, 1.82) is 0 Å². The van der Waals surface area contributed by atoms with Crippen molar-refractivity contribution in [1.82, 2.24) is 14.5 Å². The molecule has 33 heavy (non-hydrogen) atoms. The van der Waals surface area contributed by atoms with Gasteiger partial charge in [0.1, 0.15) is 5.82 Å². The van der Waals surface area contributed by atoms with E-state index in [2.05, 4.69) is 10.2 Å². The minimum atomic E-state index is -3.75. The van der Waals surface area contributed by atoms with E-state index in [-0.39, 0.29) is 29.3 Å². The summed E-state index contributed by atoms with van der Waals surface area (Å²) in [5.41, 5.74) is 1.21. The van der Waals surface area contributed by atoms with Crippen molar-refractivity contribution in [2.75, 3.05) is 26.2 Å². The number of halogens is 2. The van der Waals surface area contributed by atoms with E-state index >= 15 is 0 Å². The van der Waals surface area contributed by atoms with Gasteiger partial charge in [-0.15, -0.1) is 0 Å². The fourth-order valence-electron chi connectivity index (χ4n) is 4.53. The Morgan fingerprint density at radius 3 is 2.33 bits per heavy atom. The molecule has 6 nitrogen and oxygen atoms in total. The van der Waals surface area contributed by atoms with E-state index in [4.69, 9.17) is 11.6 Å². The maximum atomic E-state index is 13.2. The fourth-order valence-corrected chi connectivity index (χ4v) is 6.18. The van der Waals surface area contributed by atoms with E-state index in [1.165, 1.54) is 22.0 Å². The SMILES string of the molecule is O=C(NC1CCN(Cc2ccc(Cl)cc2)CC1)[C@H]1CCCN(S(=O)(=O)c2ccc(F)cc2)C1. The lowest BCUT2D eigenvalue weighted by atomic mass is 9.97. The molecule has 2 aliphatic rings. The zero-order chi connectivity index (χ0) is 23.4. The van der Waals surface area contributed by atoms with Gasteiger partial charge in [0.15, 0.2) is 0 Å². The first-order valence-corrected chi connectivity index (χ1v) is 13.2. The summed E-state index contributed by atoms with van der Waals surface area (Å²) >= 11 is 5.95. The standard InChI is InChI=1S/C24H29ClFN3O3S/c25-20-5-3-18(4-6-20)16-28-14-11-22(12-15-28)27-24(30)19-2-1-13-29(17-19)33(31,32)23-9-7-21(26)8-10-23/h3-10,19,22H,1-2,11-17H2,(H,27,30)/t19-/m0/s1. The number of benzene rings is 2. The molecule has 2 fully saturated rings. The summed E-state index contributed by atoms with van der Waals surface area (Å²) in [6.45, 7) is 3.16. The molecular formula is C24H29ClFN3O3S. The van der Waals surface area contributed by atoms with Gasteiger partial charge in [0.2, 0.25) is 15.9 Å². The molecule has 2 aromatic carbocycles. The minimum Gasteiger partial charge on any atom is -0.353 e. The first-order chi connectivity index (χ1) is 15.8. The summed E-state index contributed by atoms with van der Waals surface area (Å²) in [5.74, 6) is -0.935. The van der Waals surface area contributed by atoms with E-state index in [9.17, 15) is 17.6 Å². The quantitative estimate of drug-likeness (QED) is 0.666. The van der Waals surface area contributed by atoms with Gasteiger partial charge in [-0.3, -0.25) is 9.69 Å². The Hall–Kier alpha value is -2.00. The fraction of sp³-hybridized carbons (Fsp3) is 0.458.